The first kappa shape index (κ1) is 18.1. The summed E-state index contributed by atoms with van der Waals surface area (Å²) >= 11 is 0. The molecule has 3 aromatic rings. The summed E-state index contributed by atoms with van der Waals surface area (Å²) in [5, 5.41) is 9.49. The first-order valence-electron chi connectivity index (χ1n) is 9.47. The highest BCUT2D eigenvalue weighted by molar-refractivity contribution is 5.74. The van der Waals surface area contributed by atoms with Crippen LogP contribution in [-0.4, -0.2) is 57.2 Å². The minimum atomic E-state index is -0.162. The molecule has 0 unspecified atom stereocenters. The molecule has 2 N–H and O–H groups in total. The van der Waals surface area contributed by atoms with Crippen LogP contribution < -0.4 is 0 Å². The van der Waals surface area contributed by atoms with Gasteiger partial charge in [0.15, 0.2) is 0 Å². The van der Waals surface area contributed by atoms with Crippen molar-refractivity contribution in [2.45, 2.75) is 25.6 Å². The van der Waals surface area contributed by atoms with E-state index in [4.69, 9.17) is 0 Å². The summed E-state index contributed by atoms with van der Waals surface area (Å²) in [6.07, 6.45) is 0.686. The van der Waals surface area contributed by atoms with Crippen molar-refractivity contribution in [3.63, 3.8) is 0 Å². The summed E-state index contributed by atoms with van der Waals surface area (Å²) in [7, 11) is 0. The summed E-state index contributed by atoms with van der Waals surface area (Å²) in [6.45, 7) is 4.05. The Morgan fingerprint density at radius 1 is 1.07 bits per heavy atom. The molecule has 2 aromatic carbocycles. The lowest BCUT2D eigenvalue weighted by Gasteiger charge is -2.41. The number of hydrogen-bond acceptors (Lipinski definition) is 4. The van der Waals surface area contributed by atoms with E-state index in [1.54, 1.807) is 6.07 Å². The number of imidazole rings is 1. The van der Waals surface area contributed by atoms with Gasteiger partial charge >= 0.3 is 0 Å². The molecule has 6 heteroatoms. The Bertz CT molecular complexity index is 864. The average Bonchev–Trinajstić information content (AvgIpc) is 3.08. The van der Waals surface area contributed by atoms with Crippen LogP contribution in [0.4, 0.5) is 4.39 Å². The molecule has 1 saturated heterocycles. The van der Waals surface area contributed by atoms with Crippen LogP contribution in [0.1, 0.15) is 17.8 Å². The number of H-pyrrole nitrogens is 1. The summed E-state index contributed by atoms with van der Waals surface area (Å²) in [4.78, 5) is 12.7. The van der Waals surface area contributed by atoms with E-state index in [9.17, 15) is 9.50 Å². The summed E-state index contributed by atoms with van der Waals surface area (Å²) in [5.74, 6) is 0.798. The fourth-order valence-corrected chi connectivity index (χ4v) is 3.87. The molecule has 0 spiro atoms. The highest BCUT2D eigenvalue weighted by atomic mass is 19.1. The molecule has 1 fully saturated rings. The molecule has 0 bridgehead atoms. The van der Waals surface area contributed by atoms with Gasteiger partial charge in [-0.15, -0.1) is 0 Å². The number of aromatic nitrogens is 2. The number of nitrogens with one attached hydrogen (secondary N) is 1. The molecule has 1 aliphatic heterocycles. The average molecular weight is 368 g/mol. The molecule has 27 heavy (non-hydrogen) atoms. The fraction of sp³-hybridized carbons (Fsp3) is 0.381. The molecule has 1 aliphatic rings. The van der Waals surface area contributed by atoms with E-state index in [1.807, 2.05) is 36.4 Å². The number of aliphatic hydroxyl groups excluding tert-OH is 1. The summed E-state index contributed by atoms with van der Waals surface area (Å²) in [6, 6.07) is 15.2. The predicted molar refractivity (Wildman–Crippen MR) is 104 cm³/mol. The predicted octanol–water partition coefficient (Wildman–Crippen LogP) is 2.77. The lowest BCUT2D eigenvalue weighted by molar-refractivity contribution is 0.0482. The smallest absolute Gasteiger partial charge is 0.127 e. The molecule has 0 amide bonds. The zero-order valence-electron chi connectivity index (χ0n) is 15.3. The van der Waals surface area contributed by atoms with Crippen LogP contribution in [0, 0.1) is 5.82 Å². The molecule has 2 heterocycles. The Labute approximate surface area is 158 Å². The second kappa shape index (κ2) is 8.17. The van der Waals surface area contributed by atoms with E-state index in [1.165, 1.54) is 6.07 Å². The largest absolute Gasteiger partial charge is 0.396 e. The summed E-state index contributed by atoms with van der Waals surface area (Å²) in [5.41, 5.74) is 2.75. The van der Waals surface area contributed by atoms with Crippen LogP contribution in [0.5, 0.6) is 0 Å². The standard InChI is InChI=1S/C21H25FN4O/c22-18-6-2-1-5-16(18)13-26-11-10-25(14-17(26)9-12-27)15-21-23-19-7-3-4-8-20(19)24-21/h1-8,17,27H,9-15H2,(H,23,24)/t17-/m0/s1. The second-order valence-electron chi connectivity index (χ2n) is 7.16. The van der Waals surface area contributed by atoms with Crippen molar-refractivity contribution in [2.75, 3.05) is 26.2 Å². The van der Waals surface area contributed by atoms with Gasteiger partial charge in [0, 0.05) is 44.4 Å². The van der Waals surface area contributed by atoms with Crippen molar-refractivity contribution < 1.29 is 9.50 Å². The van der Waals surface area contributed by atoms with Gasteiger partial charge in [-0.2, -0.15) is 0 Å². The van der Waals surface area contributed by atoms with Crippen molar-refractivity contribution in [1.29, 1.82) is 0 Å². The molecule has 0 radical (unpaired) electrons. The Morgan fingerprint density at radius 3 is 2.70 bits per heavy atom. The Balaban J connectivity index is 1.43. The lowest BCUT2D eigenvalue weighted by Crippen LogP contribution is -2.52. The van der Waals surface area contributed by atoms with Crippen molar-refractivity contribution in [2.24, 2.45) is 0 Å². The van der Waals surface area contributed by atoms with Gasteiger partial charge in [0.2, 0.25) is 0 Å². The minimum Gasteiger partial charge on any atom is -0.396 e. The number of benzene rings is 2. The molecule has 0 aliphatic carbocycles. The highest BCUT2D eigenvalue weighted by Crippen LogP contribution is 2.20. The number of aliphatic hydroxyl groups is 1. The maximum absolute atomic E-state index is 14.0. The van der Waals surface area contributed by atoms with Crippen molar-refractivity contribution in [1.82, 2.24) is 19.8 Å². The minimum absolute atomic E-state index is 0.136. The first-order valence-corrected chi connectivity index (χ1v) is 9.47. The van der Waals surface area contributed by atoms with Crippen LogP contribution in [0.25, 0.3) is 11.0 Å². The second-order valence-corrected chi connectivity index (χ2v) is 7.16. The molecule has 5 nitrogen and oxygen atoms in total. The topological polar surface area (TPSA) is 55.4 Å². The van der Waals surface area contributed by atoms with E-state index in [0.29, 0.717) is 18.5 Å². The maximum Gasteiger partial charge on any atom is 0.127 e. The van der Waals surface area contributed by atoms with Crippen molar-refractivity contribution >= 4 is 11.0 Å². The number of piperazine rings is 1. The van der Waals surface area contributed by atoms with Gasteiger partial charge in [-0.1, -0.05) is 30.3 Å². The van der Waals surface area contributed by atoms with Gasteiger partial charge in [0.25, 0.3) is 0 Å². The molecule has 142 valence electrons. The van der Waals surface area contributed by atoms with E-state index >= 15 is 0 Å². The zero-order valence-corrected chi connectivity index (χ0v) is 15.3. The highest BCUT2D eigenvalue weighted by Gasteiger charge is 2.27. The van der Waals surface area contributed by atoms with Crippen LogP contribution in [-0.2, 0) is 13.1 Å². The Hall–Kier alpha value is -2.28. The van der Waals surface area contributed by atoms with Gasteiger partial charge in [-0.05, 0) is 24.6 Å². The summed E-state index contributed by atoms with van der Waals surface area (Å²) < 4.78 is 14.0. The third-order valence-electron chi connectivity index (χ3n) is 5.29. The zero-order chi connectivity index (χ0) is 18.6. The monoisotopic (exact) mass is 368 g/mol. The molecule has 4 rings (SSSR count). The Morgan fingerprint density at radius 2 is 1.89 bits per heavy atom. The first-order chi connectivity index (χ1) is 13.2. The van der Waals surface area contributed by atoms with Gasteiger partial charge in [0.1, 0.15) is 11.6 Å². The maximum atomic E-state index is 14.0. The number of aromatic amines is 1. The van der Waals surface area contributed by atoms with Gasteiger partial charge < -0.3 is 10.1 Å². The Kier molecular flexibility index (Phi) is 5.48. The molecule has 1 atom stereocenters. The number of rotatable bonds is 6. The van der Waals surface area contributed by atoms with Crippen LogP contribution in [0.15, 0.2) is 48.5 Å². The number of para-hydroxylation sites is 2. The lowest BCUT2D eigenvalue weighted by atomic mass is 10.1. The molecular weight excluding hydrogens is 343 g/mol. The van der Waals surface area contributed by atoms with Crippen LogP contribution in [0.2, 0.25) is 0 Å². The van der Waals surface area contributed by atoms with Crippen molar-refractivity contribution in [3.8, 4) is 0 Å². The van der Waals surface area contributed by atoms with Crippen molar-refractivity contribution in [3.05, 3.63) is 65.7 Å². The van der Waals surface area contributed by atoms with Gasteiger partial charge in [-0.3, -0.25) is 9.80 Å². The number of hydrogen-bond donors (Lipinski definition) is 2. The SMILES string of the molecule is OCC[C@H]1CN(Cc2nc3ccccc3[nH]2)CCN1Cc1ccccc1F. The van der Waals surface area contributed by atoms with E-state index in [-0.39, 0.29) is 18.5 Å². The van der Waals surface area contributed by atoms with E-state index in [2.05, 4.69) is 19.8 Å². The van der Waals surface area contributed by atoms with E-state index < -0.39 is 0 Å². The molecule has 0 saturated carbocycles. The fourth-order valence-electron chi connectivity index (χ4n) is 3.87. The number of halogens is 1. The van der Waals surface area contributed by atoms with Crippen LogP contribution in [0.3, 0.4) is 0 Å². The quantitative estimate of drug-likeness (QED) is 0.703. The normalized spacial score (nSPS) is 19.0. The third-order valence-corrected chi connectivity index (χ3v) is 5.29. The molecular formula is C21H25FN4O. The molecule has 1 aromatic heterocycles. The van der Waals surface area contributed by atoms with Crippen LogP contribution >= 0.6 is 0 Å². The van der Waals surface area contributed by atoms with E-state index in [0.717, 1.165) is 43.0 Å². The number of nitrogens with zero attached hydrogens (tertiary/aromatic N) is 3. The third kappa shape index (κ3) is 4.18. The van der Waals surface area contributed by atoms with Gasteiger partial charge in [-0.25, -0.2) is 9.37 Å². The van der Waals surface area contributed by atoms with Gasteiger partial charge in [0.05, 0.1) is 17.6 Å². The number of fused-ring (bicyclic) bond motifs is 1.